The first kappa shape index (κ1) is 29.9. The van der Waals surface area contributed by atoms with Crippen molar-refractivity contribution in [3.05, 3.63) is 64.7 Å². The van der Waals surface area contributed by atoms with Crippen LogP contribution in [0.3, 0.4) is 0 Å². The van der Waals surface area contributed by atoms with Crippen molar-refractivity contribution in [2.45, 2.75) is 13.3 Å². The Labute approximate surface area is 231 Å². The maximum atomic E-state index is 10.9. The van der Waals surface area contributed by atoms with Gasteiger partial charge in [-0.15, -0.1) is 15.3 Å². The summed E-state index contributed by atoms with van der Waals surface area (Å²) in [5.74, 6) is 1.23. The number of methoxy groups -OCH3 is 2. The van der Waals surface area contributed by atoms with Crippen LogP contribution in [0.25, 0.3) is 0 Å². The Morgan fingerprint density at radius 1 is 0.800 bits per heavy atom. The fourth-order valence-electron chi connectivity index (χ4n) is 3.60. The second-order valence-corrected chi connectivity index (χ2v) is 8.30. The van der Waals surface area contributed by atoms with Gasteiger partial charge in [-0.05, 0) is 30.7 Å². The van der Waals surface area contributed by atoms with E-state index in [1.54, 1.807) is 24.3 Å². The molecule has 0 saturated heterocycles. The fourth-order valence-corrected chi connectivity index (χ4v) is 3.60. The summed E-state index contributed by atoms with van der Waals surface area (Å²) >= 11 is 0. The smallest absolute Gasteiger partial charge is 0.269 e. The third kappa shape index (κ3) is 7.94. The molecule has 0 aliphatic rings. The molecule has 40 heavy (non-hydrogen) atoms. The molecule has 2 N–H and O–H groups in total. The third-order valence-electron chi connectivity index (χ3n) is 5.59. The minimum absolute atomic E-state index is 0.0431. The summed E-state index contributed by atoms with van der Waals surface area (Å²) in [6, 6.07) is 14.2. The van der Waals surface area contributed by atoms with Gasteiger partial charge >= 0.3 is 0 Å². The normalized spacial score (nSPS) is 11.2. The molecule has 13 heteroatoms. The summed E-state index contributed by atoms with van der Waals surface area (Å²) in [7, 11) is 2.97. The van der Waals surface area contributed by atoms with Crippen molar-refractivity contribution in [2.24, 2.45) is 20.5 Å². The van der Waals surface area contributed by atoms with Crippen LogP contribution in [0.15, 0.2) is 75.1 Å². The summed E-state index contributed by atoms with van der Waals surface area (Å²) in [5, 5.41) is 46.7. The maximum Gasteiger partial charge on any atom is 0.269 e. The first-order valence-corrected chi connectivity index (χ1v) is 12.5. The van der Waals surface area contributed by atoms with Crippen LogP contribution in [0.4, 0.5) is 34.1 Å². The highest BCUT2D eigenvalue weighted by atomic mass is 16.6. The molecule has 0 saturated carbocycles. The number of nitro benzene ring substituents is 1. The van der Waals surface area contributed by atoms with Crippen LogP contribution < -0.4 is 19.1 Å². The molecule has 3 rings (SSSR count). The van der Waals surface area contributed by atoms with E-state index in [0.29, 0.717) is 59.7 Å². The van der Waals surface area contributed by atoms with E-state index in [-0.39, 0.29) is 18.9 Å². The molecule has 0 spiro atoms. The van der Waals surface area contributed by atoms with Gasteiger partial charge in [0.1, 0.15) is 34.3 Å². The van der Waals surface area contributed by atoms with Gasteiger partial charge in [-0.1, -0.05) is 6.92 Å². The van der Waals surface area contributed by atoms with E-state index >= 15 is 0 Å². The first-order valence-electron chi connectivity index (χ1n) is 12.5. The predicted octanol–water partition coefficient (Wildman–Crippen LogP) is 6.02. The van der Waals surface area contributed by atoms with E-state index in [9.17, 15) is 20.3 Å². The van der Waals surface area contributed by atoms with E-state index in [2.05, 4.69) is 20.5 Å². The van der Waals surface area contributed by atoms with Crippen molar-refractivity contribution in [3.8, 4) is 17.2 Å². The third-order valence-corrected chi connectivity index (χ3v) is 5.59. The standard InChI is InChI=1S/C27H32N6O7/c1-4-15-40-27-16-21(32(11-13-34)12-14-35)9-10-22(27)29-31-24-18-25(38-2)23(17-26(24)39-3)30-28-19-5-7-20(8-6-19)33(36)37/h5-10,16-18,34-35H,4,11-15H2,1-3H3. The molecule has 0 aliphatic heterocycles. The highest BCUT2D eigenvalue weighted by Crippen LogP contribution is 2.42. The summed E-state index contributed by atoms with van der Waals surface area (Å²) in [4.78, 5) is 12.2. The molecule has 0 unspecified atom stereocenters. The van der Waals surface area contributed by atoms with Gasteiger partial charge in [0.25, 0.3) is 5.69 Å². The monoisotopic (exact) mass is 552 g/mol. The summed E-state index contributed by atoms with van der Waals surface area (Å²) in [6.07, 6.45) is 0.790. The van der Waals surface area contributed by atoms with E-state index < -0.39 is 4.92 Å². The molecule has 0 radical (unpaired) electrons. The van der Waals surface area contributed by atoms with Crippen molar-refractivity contribution < 1.29 is 29.3 Å². The van der Waals surface area contributed by atoms with Crippen LogP contribution >= 0.6 is 0 Å². The zero-order valence-corrected chi connectivity index (χ0v) is 22.6. The van der Waals surface area contributed by atoms with Crippen molar-refractivity contribution >= 4 is 34.1 Å². The minimum Gasteiger partial charge on any atom is -0.494 e. The molecule has 212 valence electrons. The lowest BCUT2D eigenvalue weighted by atomic mass is 10.2. The highest BCUT2D eigenvalue weighted by molar-refractivity contribution is 5.67. The SMILES string of the molecule is CCCOc1cc(N(CCO)CCO)ccc1N=Nc1cc(OC)c(N=Nc2ccc([N+](=O)[O-])cc2)cc1OC. The summed E-state index contributed by atoms with van der Waals surface area (Å²) in [5.41, 5.74) is 2.37. The number of aliphatic hydroxyl groups excluding tert-OH is 2. The quantitative estimate of drug-likeness (QED) is 0.131. The Morgan fingerprint density at radius 3 is 1.90 bits per heavy atom. The summed E-state index contributed by atoms with van der Waals surface area (Å²) in [6.45, 7) is 3.07. The number of rotatable bonds is 15. The topological polar surface area (TPSA) is 164 Å². The van der Waals surface area contributed by atoms with E-state index in [1.807, 2.05) is 17.9 Å². The lowest BCUT2D eigenvalue weighted by molar-refractivity contribution is -0.384. The number of anilines is 1. The Kier molecular flexibility index (Phi) is 11.3. The average Bonchev–Trinajstić information content (AvgIpc) is 2.98. The zero-order valence-electron chi connectivity index (χ0n) is 22.6. The number of aliphatic hydroxyl groups is 2. The van der Waals surface area contributed by atoms with Gasteiger partial charge in [-0.3, -0.25) is 10.1 Å². The molecule has 0 aromatic heterocycles. The molecular formula is C27H32N6O7. The molecule has 0 amide bonds. The van der Waals surface area contributed by atoms with Crippen molar-refractivity contribution in [2.75, 3.05) is 52.0 Å². The Morgan fingerprint density at radius 2 is 1.38 bits per heavy atom. The van der Waals surface area contributed by atoms with Gasteiger partial charge in [0.15, 0.2) is 0 Å². The number of hydrogen-bond acceptors (Lipinski definition) is 12. The van der Waals surface area contributed by atoms with E-state index in [4.69, 9.17) is 14.2 Å². The van der Waals surface area contributed by atoms with Crippen LogP contribution in [0.1, 0.15) is 13.3 Å². The van der Waals surface area contributed by atoms with Crippen LogP contribution in [-0.2, 0) is 0 Å². The number of non-ortho nitro benzene ring substituents is 1. The van der Waals surface area contributed by atoms with E-state index in [0.717, 1.165) is 12.1 Å². The lowest BCUT2D eigenvalue weighted by Crippen LogP contribution is -2.29. The number of benzene rings is 3. The second kappa shape index (κ2) is 15.1. The predicted molar refractivity (Wildman–Crippen MR) is 150 cm³/mol. The zero-order chi connectivity index (χ0) is 28.9. The van der Waals surface area contributed by atoms with Crippen molar-refractivity contribution in [3.63, 3.8) is 0 Å². The van der Waals surface area contributed by atoms with Crippen LogP contribution in [-0.4, -0.2) is 62.3 Å². The number of ether oxygens (including phenoxy) is 3. The van der Waals surface area contributed by atoms with Gasteiger partial charge in [-0.2, -0.15) is 5.11 Å². The summed E-state index contributed by atoms with van der Waals surface area (Å²) < 4.78 is 16.9. The van der Waals surface area contributed by atoms with Crippen LogP contribution in [0.2, 0.25) is 0 Å². The average molecular weight is 553 g/mol. The first-order chi connectivity index (χ1) is 19.4. The number of nitro groups is 1. The highest BCUT2D eigenvalue weighted by Gasteiger charge is 2.14. The molecule has 0 atom stereocenters. The second-order valence-electron chi connectivity index (χ2n) is 8.30. The Hall–Kier alpha value is -4.62. The number of nitrogens with zero attached hydrogens (tertiary/aromatic N) is 6. The molecule has 0 aliphatic carbocycles. The van der Waals surface area contributed by atoms with Crippen molar-refractivity contribution in [1.29, 1.82) is 0 Å². The minimum atomic E-state index is -0.487. The van der Waals surface area contributed by atoms with E-state index in [1.165, 1.54) is 38.5 Å². The molecule has 13 nitrogen and oxygen atoms in total. The molecule has 3 aromatic carbocycles. The van der Waals surface area contributed by atoms with Gasteiger partial charge in [0.2, 0.25) is 0 Å². The van der Waals surface area contributed by atoms with Crippen LogP contribution in [0.5, 0.6) is 17.2 Å². The van der Waals surface area contributed by atoms with Gasteiger partial charge in [0, 0.05) is 49.1 Å². The molecular weight excluding hydrogens is 520 g/mol. The lowest BCUT2D eigenvalue weighted by Gasteiger charge is -2.23. The Balaban J connectivity index is 1.92. The van der Waals surface area contributed by atoms with Gasteiger partial charge < -0.3 is 29.3 Å². The van der Waals surface area contributed by atoms with Crippen LogP contribution in [0, 0.1) is 10.1 Å². The number of azo groups is 2. The number of hydrogen-bond donors (Lipinski definition) is 2. The Bertz CT molecular complexity index is 1330. The largest absolute Gasteiger partial charge is 0.494 e. The van der Waals surface area contributed by atoms with Gasteiger partial charge in [-0.25, -0.2) is 0 Å². The van der Waals surface area contributed by atoms with Gasteiger partial charge in [0.05, 0.1) is 44.7 Å². The molecule has 0 bridgehead atoms. The molecule has 3 aromatic rings. The molecule has 0 fully saturated rings. The fraction of sp³-hybridized carbons (Fsp3) is 0.333. The van der Waals surface area contributed by atoms with Crippen molar-refractivity contribution in [1.82, 2.24) is 0 Å². The maximum absolute atomic E-state index is 10.9. The molecule has 0 heterocycles.